The van der Waals surface area contributed by atoms with Crippen LogP contribution in [0.1, 0.15) is 19.8 Å². The zero-order valence-corrected chi connectivity index (χ0v) is 18.8. The number of nitrogens with one attached hydrogen (secondary N) is 1. The monoisotopic (exact) mass is 479 g/mol. The number of thioether (sulfide) groups is 1. The number of anilines is 1. The second-order valence-corrected chi connectivity index (χ2v) is 9.22. The molecule has 31 heavy (non-hydrogen) atoms. The lowest BCUT2D eigenvalue weighted by Crippen LogP contribution is -2.30. The molecule has 1 aromatic heterocycles. The third kappa shape index (κ3) is 6.39. The van der Waals surface area contributed by atoms with Crippen LogP contribution in [-0.2, 0) is 14.3 Å². The molecule has 3 rings (SSSR count). The summed E-state index contributed by atoms with van der Waals surface area (Å²) in [6.45, 7) is 1.45. The van der Waals surface area contributed by atoms with Crippen molar-refractivity contribution in [2.75, 3.05) is 11.1 Å². The number of para-hydroxylation sites is 1. The fourth-order valence-corrected chi connectivity index (χ4v) is 4.85. The van der Waals surface area contributed by atoms with E-state index in [1.165, 1.54) is 19.1 Å². The van der Waals surface area contributed by atoms with E-state index >= 15 is 0 Å². The molecule has 0 spiro atoms. The molecular weight excluding hydrogens is 462 g/mol. The highest BCUT2D eigenvalue weighted by Crippen LogP contribution is 2.30. The second-order valence-electron chi connectivity index (χ2n) is 6.44. The molecule has 0 radical (unpaired) electrons. The van der Waals surface area contributed by atoms with E-state index in [0.717, 1.165) is 20.6 Å². The van der Waals surface area contributed by atoms with Crippen molar-refractivity contribution in [3.05, 3.63) is 57.6 Å². The van der Waals surface area contributed by atoms with Gasteiger partial charge in [-0.3, -0.25) is 19.7 Å². The van der Waals surface area contributed by atoms with Crippen molar-refractivity contribution >= 4 is 68.2 Å². The molecule has 0 aliphatic heterocycles. The molecule has 2 aromatic carbocycles. The third-order valence-corrected chi connectivity index (χ3v) is 6.70. The number of nitro groups is 1. The number of amides is 1. The summed E-state index contributed by atoms with van der Waals surface area (Å²) in [6, 6.07) is 11.6. The van der Waals surface area contributed by atoms with Crippen LogP contribution in [0, 0.1) is 10.1 Å². The maximum Gasteiger partial charge on any atom is 0.306 e. The van der Waals surface area contributed by atoms with Gasteiger partial charge in [0.1, 0.15) is 0 Å². The predicted octanol–water partition coefficient (Wildman–Crippen LogP) is 5.30. The van der Waals surface area contributed by atoms with Crippen LogP contribution in [0.25, 0.3) is 10.2 Å². The minimum atomic E-state index is -1.03. The number of rotatable bonds is 9. The number of hydrogen-bond donors (Lipinski definition) is 1. The summed E-state index contributed by atoms with van der Waals surface area (Å²) in [5, 5.41) is 13.3. The Hall–Kier alpha value is -2.69. The van der Waals surface area contributed by atoms with Gasteiger partial charge in [-0.15, -0.1) is 11.3 Å². The summed E-state index contributed by atoms with van der Waals surface area (Å²) in [5.74, 6) is -0.358. The number of carbonyl (C=O) groups is 2. The van der Waals surface area contributed by atoms with Gasteiger partial charge in [-0.1, -0.05) is 35.5 Å². The molecule has 1 heterocycles. The molecule has 8 nitrogen and oxygen atoms in total. The number of thiazole rings is 1. The van der Waals surface area contributed by atoms with E-state index in [4.69, 9.17) is 16.3 Å². The van der Waals surface area contributed by atoms with Gasteiger partial charge in [0, 0.05) is 24.3 Å². The molecule has 0 saturated carbocycles. The minimum absolute atomic E-state index is 0.0212. The van der Waals surface area contributed by atoms with Crippen LogP contribution < -0.4 is 5.32 Å². The molecule has 0 saturated heterocycles. The average Bonchev–Trinajstić information content (AvgIpc) is 3.15. The lowest BCUT2D eigenvalue weighted by Gasteiger charge is -2.14. The maximum absolute atomic E-state index is 12.2. The van der Waals surface area contributed by atoms with Crippen LogP contribution in [0.2, 0.25) is 5.02 Å². The number of halogens is 1. The summed E-state index contributed by atoms with van der Waals surface area (Å²) >= 11 is 9.14. The predicted molar refractivity (Wildman–Crippen MR) is 122 cm³/mol. The first-order chi connectivity index (χ1) is 14.8. The highest BCUT2D eigenvalue weighted by atomic mass is 35.5. The molecule has 0 bridgehead atoms. The Labute approximate surface area is 191 Å². The van der Waals surface area contributed by atoms with Gasteiger partial charge in [0.25, 0.3) is 11.6 Å². The molecular formula is C20H18ClN3O5S2. The Morgan fingerprint density at radius 2 is 2.10 bits per heavy atom. The normalized spacial score (nSPS) is 11.8. The van der Waals surface area contributed by atoms with E-state index in [1.54, 1.807) is 23.1 Å². The van der Waals surface area contributed by atoms with Crippen LogP contribution in [0.15, 0.2) is 46.8 Å². The summed E-state index contributed by atoms with van der Waals surface area (Å²) in [4.78, 5) is 38.9. The van der Waals surface area contributed by atoms with Crippen molar-refractivity contribution in [1.29, 1.82) is 0 Å². The van der Waals surface area contributed by atoms with Crippen molar-refractivity contribution in [2.24, 2.45) is 0 Å². The zero-order valence-electron chi connectivity index (χ0n) is 16.4. The number of nitro benzene ring substituents is 1. The third-order valence-electron chi connectivity index (χ3n) is 4.12. The van der Waals surface area contributed by atoms with Crippen molar-refractivity contribution in [3.8, 4) is 0 Å². The number of nitrogens with zero attached hydrogens (tertiary/aromatic N) is 2. The highest BCUT2D eigenvalue weighted by Gasteiger charge is 2.19. The van der Waals surface area contributed by atoms with Crippen molar-refractivity contribution in [1.82, 2.24) is 4.98 Å². The van der Waals surface area contributed by atoms with Crippen LogP contribution >= 0.6 is 34.7 Å². The number of carbonyl (C=O) groups excluding carboxylic acids is 2. The second kappa shape index (κ2) is 10.6. The smallest absolute Gasteiger partial charge is 0.306 e. The largest absolute Gasteiger partial charge is 0.453 e. The maximum atomic E-state index is 12.2. The van der Waals surface area contributed by atoms with Gasteiger partial charge in [0.05, 0.1) is 25.8 Å². The number of ether oxygens (including phenoxy) is 1. The summed E-state index contributed by atoms with van der Waals surface area (Å²) in [6.07, 6.45) is -0.272. The lowest BCUT2D eigenvalue weighted by molar-refractivity contribution is -0.384. The lowest BCUT2D eigenvalue weighted by atomic mass is 10.2. The van der Waals surface area contributed by atoms with Gasteiger partial charge < -0.3 is 10.1 Å². The number of non-ortho nitro benzene ring substituents is 1. The van der Waals surface area contributed by atoms with E-state index in [9.17, 15) is 19.7 Å². The number of hydrogen-bond acceptors (Lipinski definition) is 8. The van der Waals surface area contributed by atoms with Crippen molar-refractivity contribution < 1.29 is 19.2 Å². The Kier molecular flexibility index (Phi) is 7.83. The molecule has 11 heteroatoms. The van der Waals surface area contributed by atoms with Crippen LogP contribution in [0.5, 0.6) is 0 Å². The van der Waals surface area contributed by atoms with Gasteiger partial charge in [-0.05, 0) is 31.5 Å². The van der Waals surface area contributed by atoms with E-state index in [-0.39, 0.29) is 22.8 Å². The molecule has 1 amide bonds. The quantitative estimate of drug-likeness (QED) is 0.146. The fraction of sp³-hybridized carbons (Fsp3) is 0.250. The molecule has 3 aromatic rings. The molecule has 162 valence electrons. The Balaban J connectivity index is 1.41. The standard InChI is InChI=1S/C20H18ClN3O5S2/c1-12(19(26)22-15-9-8-13(24(27)28)11-14(15)21)29-18(25)7-4-10-30-20-23-16-5-2-3-6-17(16)31-20/h2-3,5-6,8-9,11-12H,4,7,10H2,1H3,(H,22,26)/t12-/m1/s1. The van der Waals surface area contributed by atoms with Gasteiger partial charge in [-0.25, -0.2) is 4.98 Å². The highest BCUT2D eigenvalue weighted by molar-refractivity contribution is 8.01. The Bertz CT molecular complexity index is 1090. The van der Waals surface area contributed by atoms with Gasteiger partial charge in [0.15, 0.2) is 10.4 Å². The molecule has 0 unspecified atom stereocenters. The van der Waals surface area contributed by atoms with Crippen LogP contribution in [0.3, 0.4) is 0 Å². The first-order valence-corrected chi connectivity index (χ1v) is 11.4. The van der Waals surface area contributed by atoms with Gasteiger partial charge in [-0.2, -0.15) is 0 Å². The Morgan fingerprint density at radius 3 is 2.81 bits per heavy atom. The van der Waals surface area contributed by atoms with Gasteiger partial charge >= 0.3 is 5.97 Å². The van der Waals surface area contributed by atoms with E-state index in [1.807, 2.05) is 24.3 Å². The van der Waals surface area contributed by atoms with Crippen LogP contribution in [0.4, 0.5) is 11.4 Å². The number of esters is 1. The molecule has 0 fully saturated rings. The minimum Gasteiger partial charge on any atom is -0.453 e. The first kappa shape index (κ1) is 23.0. The van der Waals surface area contributed by atoms with E-state index in [2.05, 4.69) is 10.3 Å². The first-order valence-electron chi connectivity index (χ1n) is 9.26. The molecule has 1 N–H and O–H groups in total. The van der Waals surface area contributed by atoms with Crippen molar-refractivity contribution in [3.63, 3.8) is 0 Å². The Morgan fingerprint density at radius 1 is 1.32 bits per heavy atom. The summed E-state index contributed by atoms with van der Waals surface area (Å²) < 4.78 is 7.23. The van der Waals surface area contributed by atoms with E-state index in [0.29, 0.717) is 12.2 Å². The van der Waals surface area contributed by atoms with E-state index < -0.39 is 22.9 Å². The number of fused-ring (bicyclic) bond motifs is 1. The molecule has 0 aliphatic carbocycles. The SMILES string of the molecule is C[C@@H](OC(=O)CCCSc1nc2ccccc2s1)C(=O)Nc1ccc([N+](=O)[O-])cc1Cl. The van der Waals surface area contributed by atoms with Crippen molar-refractivity contribution in [2.45, 2.75) is 30.2 Å². The molecule has 0 aliphatic rings. The summed E-state index contributed by atoms with van der Waals surface area (Å²) in [5.41, 5.74) is 0.973. The molecule has 1 atom stereocenters. The number of benzene rings is 2. The topological polar surface area (TPSA) is 111 Å². The fourth-order valence-electron chi connectivity index (χ4n) is 2.55. The average molecular weight is 480 g/mol. The van der Waals surface area contributed by atoms with Gasteiger partial charge in [0.2, 0.25) is 0 Å². The summed E-state index contributed by atoms with van der Waals surface area (Å²) in [7, 11) is 0. The number of aromatic nitrogens is 1. The zero-order chi connectivity index (χ0) is 22.4. The van der Waals surface area contributed by atoms with Crippen LogP contribution in [-0.4, -0.2) is 33.6 Å².